The number of nitrogens with zero attached hydrogens (tertiary/aromatic N) is 1. The second-order valence-electron chi connectivity index (χ2n) is 7.17. The van der Waals surface area contributed by atoms with Crippen LogP contribution in [0.15, 0.2) is 0 Å². The van der Waals surface area contributed by atoms with E-state index in [9.17, 15) is 9.59 Å². The van der Waals surface area contributed by atoms with Gasteiger partial charge in [0, 0.05) is 12.6 Å². The van der Waals surface area contributed by atoms with Gasteiger partial charge in [-0.15, -0.1) is 0 Å². The molecule has 0 spiro atoms. The Labute approximate surface area is 127 Å². The lowest BCUT2D eigenvalue weighted by molar-refractivity contribution is -0.159. The molecule has 2 fully saturated rings. The van der Waals surface area contributed by atoms with Gasteiger partial charge in [0.05, 0.1) is 0 Å². The summed E-state index contributed by atoms with van der Waals surface area (Å²) in [5, 5.41) is 3.09. The molecule has 1 heterocycles. The molecule has 0 unspecified atom stereocenters. The van der Waals surface area contributed by atoms with Crippen LogP contribution in [0.5, 0.6) is 0 Å². The Morgan fingerprint density at radius 3 is 2.33 bits per heavy atom. The molecule has 5 nitrogen and oxygen atoms in total. The molecule has 0 aromatic heterocycles. The predicted octanol–water partition coefficient (Wildman–Crippen LogP) is 2.83. The molecular weight excluding hydrogens is 268 g/mol. The summed E-state index contributed by atoms with van der Waals surface area (Å²) in [5.74, 6) is -0.279. The predicted molar refractivity (Wildman–Crippen MR) is 81.0 cm³/mol. The highest BCUT2D eigenvalue weighted by molar-refractivity contribution is 5.84. The van der Waals surface area contributed by atoms with Gasteiger partial charge in [-0.1, -0.05) is 19.3 Å². The van der Waals surface area contributed by atoms with E-state index in [0.29, 0.717) is 13.0 Å². The Kier molecular flexibility index (Phi) is 5.12. The van der Waals surface area contributed by atoms with Crippen LogP contribution in [-0.2, 0) is 9.53 Å². The summed E-state index contributed by atoms with van der Waals surface area (Å²) in [6.45, 7) is 6.20. The van der Waals surface area contributed by atoms with Crippen molar-refractivity contribution in [1.82, 2.24) is 10.2 Å². The van der Waals surface area contributed by atoms with E-state index in [1.54, 1.807) is 4.90 Å². The molecular formula is C16H28N2O3. The van der Waals surface area contributed by atoms with Crippen molar-refractivity contribution in [2.24, 2.45) is 0 Å². The van der Waals surface area contributed by atoms with Crippen molar-refractivity contribution in [2.75, 3.05) is 6.54 Å². The second kappa shape index (κ2) is 6.67. The summed E-state index contributed by atoms with van der Waals surface area (Å²) >= 11 is 0. The van der Waals surface area contributed by atoms with Gasteiger partial charge in [0.15, 0.2) is 0 Å². The molecule has 0 aromatic rings. The molecule has 1 saturated heterocycles. The maximum Gasteiger partial charge on any atom is 0.329 e. The number of likely N-dealkylation sites (tertiary alicyclic amines) is 1. The Morgan fingerprint density at radius 1 is 1.05 bits per heavy atom. The maximum absolute atomic E-state index is 12.4. The molecule has 21 heavy (non-hydrogen) atoms. The van der Waals surface area contributed by atoms with Crippen molar-refractivity contribution in [1.29, 1.82) is 0 Å². The third kappa shape index (κ3) is 4.61. The number of urea groups is 1. The van der Waals surface area contributed by atoms with E-state index in [-0.39, 0.29) is 18.0 Å². The van der Waals surface area contributed by atoms with Crippen LogP contribution in [0.3, 0.4) is 0 Å². The fraction of sp³-hybridized carbons (Fsp3) is 0.875. The zero-order valence-electron chi connectivity index (χ0n) is 13.5. The normalized spacial score (nSPS) is 24.0. The number of hydrogen-bond acceptors (Lipinski definition) is 3. The highest BCUT2D eigenvalue weighted by Crippen LogP contribution is 2.23. The molecule has 2 aliphatic rings. The molecule has 2 amide bonds. The van der Waals surface area contributed by atoms with Crippen molar-refractivity contribution in [3.63, 3.8) is 0 Å². The van der Waals surface area contributed by atoms with E-state index in [2.05, 4.69) is 5.32 Å². The van der Waals surface area contributed by atoms with E-state index < -0.39 is 11.6 Å². The van der Waals surface area contributed by atoms with Gasteiger partial charge in [-0.2, -0.15) is 0 Å². The lowest BCUT2D eigenvalue weighted by Crippen LogP contribution is -2.50. The van der Waals surface area contributed by atoms with Crippen LogP contribution < -0.4 is 5.32 Å². The minimum absolute atomic E-state index is 0.102. The highest BCUT2D eigenvalue weighted by atomic mass is 16.6. The Morgan fingerprint density at radius 2 is 1.71 bits per heavy atom. The molecule has 5 heteroatoms. The smallest absolute Gasteiger partial charge is 0.329 e. The minimum atomic E-state index is -0.509. The topological polar surface area (TPSA) is 58.6 Å². The number of hydrogen-bond donors (Lipinski definition) is 1. The minimum Gasteiger partial charge on any atom is -0.458 e. The maximum atomic E-state index is 12.4. The molecule has 1 aliphatic heterocycles. The molecule has 1 N–H and O–H groups in total. The SMILES string of the molecule is CC(C)(C)OC(=O)[C@@H]1CCCN1C(=O)NC1CCCCC1. The number of carbonyl (C=O) groups excluding carboxylic acids is 2. The van der Waals surface area contributed by atoms with E-state index in [4.69, 9.17) is 4.74 Å². The van der Waals surface area contributed by atoms with Gasteiger partial charge in [0.2, 0.25) is 0 Å². The standard InChI is InChI=1S/C16H28N2O3/c1-16(2,3)21-14(19)13-10-7-11-18(13)15(20)17-12-8-5-4-6-9-12/h12-13H,4-11H2,1-3H3,(H,17,20)/t13-/m0/s1. The number of carbonyl (C=O) groups is 2. The van der Waals surface area contributed by atoms with Crippen LogP contribution in [0.4, 0.5) is 4.79 Å². The molecule has 2 rings (SSSR count). The highest BCUT2D eigenvalue weighted by Gasteiger charge is 2.37. The Balaban J connectivity index is 1.91. The zero-order chi connectivity index (χ0) is 15.5. The van der Waals surface area contributed by atoms with Crippen molar-refractivity contribution >= 4 is 12.0 Å². The summed E-state index contributed by atoms with van der Waals surface area (Å²) in [4.78, 5) is 26.3. The van der Waals surface area contributed by atoms with E-state index in [1.807, 2.05) is 20.8 Å². The molecule has 1 saturated carbocycles. The van der Waals surface area contributed by atoms with Gasteiger partial charge in [-0.3, -0.25) is 0 Å². The van der Waals surface area contributed by atoms with Gasteiger partial charge in [0.25, 0.3) is 0 Å². The van der Waals surface area contributed by atoms with Crippen LogP contribution in [0.1, 0.15) is 65.7 Å². The van der Waals surface area contributed by atoms with Crippen LogP contribution in [0.2, 0.25) is 0 Å². The first-order valence-electron chi connectivity index (χ1n) is 8.17. The Hall–Kier alpha value is -1.26. The molecule has 0 aromatic carbocycles. The average molecular weight is 296 g/mol. The van der Waals surface area contributed by atoms with Gasteiger partial charge >= 0.3 is 12.0 Å². The van der Waals surface area contributed by atoms with Crippen LogP contribution in [0, 0.1) is 0 Å². The quantitative estimate of drug-likeness (QED) is 0.797. The van der Waals surface area contributed by atoms with Crippen LogP contribution >= 0.6 is 0 Å². The van der Waals surface area contributed by atoms with Gasteiger partial charge in [0.1, 0.15) is 11.6 Å². The van der Waals surface area contributed by atoms with Crippen molar-refractivity contribution in [3.8, 4) is 0 Å². The molecule has 1 atom stereocenters. The van der Waals surface area contributed by atoms with E-state index in [1.165, 1.54) is 19.3 Å². The van der Waals surface area contributed by atoms with E-state index >= 15 is 0 Å². The van der Waals surface area contributed by atoms with Crippen molar-refractivity contribution in [2.45, 2.75) is 83.4 Å². The third-order valence-electron chi connectivity index (χ3n) is 4.13. The fourth-order valence-corrected chi connectivity index (χ4v) is 3.13. The molecule has 0 radical (unpaired) electrons. The molecule has 0 bridgehead atoms. The summed E-state index contributed by atoms with van der Waals surface area (Å²) in [6, 6.07) is -0.255. The third-order valence-corrected chi connectivity index (χ3v) is 4.13. The first-order chi connectivity index (χ1) is 9.87. The molecule has 1 aliphatic carbocycles. The fourth-order valence-electron chi connectivity index (χ4n) is 3.13. The number of ether oxygens (including phenoxy) is 1. The number of esters is 1. The lowest BCUT2D eigenvalue weighted by atomic mass is 9.96. The number of amides is 2. The van der Waals surface area contributed by atoms with Crippen molar-refractivity contribution in [3.05, 3.63) is 0 Å². The van der Waals surface area contributed by atoms with E-state index in [0.717, 1.165) is 19.3 Å². The van der Waals surface area contributed by atoms with Gasteiger partial charge in [-0.05, 0) is 46.5 Å². The number of rotatable bonds is 2. The lowest BCUT2D eigenvalue weighted by Gasteiger charge is -2.30. The van der Waals surface area contributed by atoms with Crippen LogP contribution in [0.25, 0.3) is 0 Å². The van der Waals surface area contributed by atoms with Gasteiger partial charge in [-0.25, -0.2) is 9.59 Å². The summed E-state index contributed by atoms with van der Waals surface area (Å²) in [5.41, 5.74) is -0.509. The number of nitrogens with one attached hydrogen (secondary N) is 1. The van der Waals surface area contributed by atoms with Gasteiger partial charge < -0.3 is 15.0 Å². The average Bonchev–Trinajstić information content (AvgIpc) is 2.87. The molecule has 120 valence electrons. The zero-order valence-corrected chi connectivity index (χ0v) is 13.5. The largest absolute Gasteiger partial charge is 0.458 e. The monoisotopic (exact) mass is 296 g/mol. The van der Waals surface area contributed by atoms with Crippen molar-refractivity contribution < 1.29 is 14.3 Å². The second-order valence-corrected chi connectivity index (χ2v) is 7.17. The summed E-state index contributed by atoms with van der Waals surface area (Å²) in [7, 11) is 0. The Bertz CT molecular complexity index is 383. The summed E-state index contributed by atoms with van der Waals surface area (Å²) < 4.78 is 5.43. The summed E-state index contributed by atoms with van der Waals surface area (Å²) in [6.07, 6.45) is 7.29. The van der Waals surface area contributed by atoms with Crippen LogP contribution in [-0.4, -0.2) is 41.1 Å². The first-order valence-corrected chi connectivity index (χ1v) is 8.17. The first kappa shape index (κ1) is 16.1.